The number of hydrogen-bond acceptors (Lipinski definition) is 4. The van der Waals surface area contributed by atoms with E-state index in [-0.39, 0.29) is 5.97 Å². The van der Waals surface area contributed by atoms with Crippen LogP contribution in [0.15, 0.2) is 53.1 Å². The molecule has 1 heterocycles. The second kappa shape index (κ2) is 4.57. The van der Waals surface area contributed by atoms with E-state index in [4.69, 9.17) is 9.26 Å². The molecule has 4 heteroatoms. The molecule has 0 saturated heterocycles. The fourth-order valence-corrected chi connectivity index (χ4v) is 1.95. The number of esters is 1. The summed E-state index contributed by atoms with van der Waals surface area (Å²) in [6.45, 7) is 1.36. The number of hydrogen-bond donors (Lipinski definition) is 0. The van der Waals surface area contributed by atoms with Gasteiger partial charge in [0.05, 0.1) is 0 Å². The van der Waals surface area contributed by atoms with Crippen molar-refractivity contribution >= 4 is 16.9 Å². The lowest BCUT2D eigenvalue weighted by Crippen LogP contribution is -2.00. The van der Waals surface area contributed by atoms with E-state index in [0.717, 1.165) is 16.6 Å². The van der Waals surface area contributed by atoms with Crippen LogP contribution in [0.2, 0.25) is 0 Å². The highest BCUT2D eigenvalue weighted by Crippen LogP contribution is 2.30. The van der Waals surface area contributed by atoms with Crippen LogP contribution in [0.4, 0.5) is 0 Å². The molecule has 3 rings (SSSR count). The first-order valence-corrected chi connectivity index (χ1v) is 5.87. The van der Waals surface area contributed by atoms with Crippen molar-refractivity contribution in [1.82, 2.24) is 5.16 Å². The zero-order chi connectivity index (χ0) is 13.2. The maximum Gasteiger partial charge on any atom is 0.308 e. The predicted octanol–water partition coefficient (Wildman–Crippen LogP) is 3.42. The number of ether oxygens (including phenoxy) is 1. The van der Waals surface area contributed by atoms with Crippen molar-refractivity contribution in [2.24, 2.45) is 0 Å². The third-order valence-electron chi connectivity index (χ3n) is 2.75. The minimum Gasteiger partial charge on any atom is -0.427 e. The van der Waals surface area contributed by atoms with Gasteiger partial charge in [-0.3, -0.25) is 4.79 Å². The molecule has 0 unspecified atom stereocenters. The molecular formula is C15H11NO3. The van der Waals surface area contributed by atoms with Gasteiger partial charge in [0.25, 0.3) is 0 Å². The van der Waals surface area contributed by atoms with Crippen molar-refractivity contribution in [2.75, 3.05) is 0 Å². The largest absolute Gasteiger partial charge is 0.427 e. The van der Waals surface area contributed by atoms with E-state index in [9.17, 15) is 4.79 Å². The number of carbonyl (C=O) groups excluding carboxylic acids is 1. The van der Waals surface area contributed by atoms with Crippen LogP contribution in [0.1, 0.15) is 6.92 Å². The Morgan fingerprint density at radius 1 is 1.16 bits per heavy atom. The van der Waals surface area contributed by atoms with Gasteiger partial charge in [-0.25, -0.2) is 0 Å². The Bertz CT molecular complexity index is 731. The second-order valence-electron chi connectivity index (χ2n) is 4.15. The summed E-state index contributed by atoms with van der Waals surface area (Å²) in [4.78, 5) is 10.9. The number of rotatable bonds is 2. The number of fused-ring (bicyclic) bond motifs is 1. The molecule has 0 amide bonds. The van der Waals surface area contributed by atoms with Crippen LogP contribution in [-0.4, -0.2) is 11.1 Å². The third-order valence-corrected chi connectivity index (χ3v) is 2.75. The molecule has 19 heavy (non-hydrogen) atoms. The Kier molecular flexibility index (Phi) is 2.76. The Morgan fingerprint density at radius 2 is 1.95 bits per heavy atom. The minimum absolute atomic E-state index is 0.359. The molecule has 2 aromatic carbocycles. The van der Waals surface area contributed by atoms with Gasteiger partial charge >= 0.3 is 5.97 Å². The molecular weight excluding hydrogens is 242 g/mol. The Hall–Kier alpha value is -2.62. The Morgan fingerprint density at radius 3 is 2.68 bits per heavy atom. The molecule has 0 bridgehead atoms. The fraction of sp³-hybridized carbons (Fsp3) is 0.0667. The fourth-order valence-electron chi connectivity index (χ4n) is 1.95. The first-order chi connectivity index (χ1) is 9.24. The summed E-state index contributed by atoms with van der Waals surface area (Å²) in [5.41, 5.74) is 2.36. The van der Waals surface area contributed by atoms with Gasteiger partial charge in [0.1, 0.15) is 11.4 Å². The molecule has 0 aliphatic heterocycles. The molecule has 4 nitrogen and oxygen atoms in total. The highest BCUT2D eigenvalue weighted by atomic mass is 16.5. The molecule has 3 aromatic rings. The normalized spacial score (nSPS) is 10.6. The Labute approximate surface area is 109 Å². The minimum atomic E-state index is -0.359. The van der Waals surface area contributed by atoms with Gasteiger partial charge in [-0.1, -0.05) is 35.5 Å². The van der Waals surface area contributed by atoms with Gasteiger partial charge in [-0.05, 0) is 12.1 Å². The van der Waals surface area contributed by atoms with E-state index >= 15 is 0 Å². The summed E-state index contributed by atoms with van der Waals surface area (Å²) in [6, 6.07) is 15.0. The maximum absolute atomic E-state index is 10.9. The van der Waals surface area contributed by atoms with E-state index in [1.54, 1.807) is 12.1 Å². The molecule has 94 valence electrons. The average molecular weight is 253 g/mol. The number of nitrogens with zero attached hydrogens (tertiary/aromatic N) is 1. The topological polar surface area (TPSA) is 52.3 Å². The molecule has 0 N–H and O–H groups in total. The smallest absolute Gasteiger partial charge is 0.308 e. The number of carbonyl (C=O) groups is 1. The predicted molar refractivity (Wildman–Crippen MR) is 70.8 cm³/mol. The van der Waals surface area contributed by atoms with Gasteiger partial charge in [-0.2, -0.15) is 0 Å². The van der Waals surface area contributed by atoms with Crippen LogP contribution < -0.4 is 4.74 Å². The van der Waals surface area contributed by atoms with Crippen LogP contribution >= 0.6 is 0 Å². The van der Waals surface area contributed by atoms with Crippen molar-refractivity contribution < 1.29 is 14.1 Å². The maximum atomic E-state index is 10.9. The van der Waals surface area contributed by atoms with Gasteiger partial charge in [-0.15, -0.1) is 0 Å². The van der Waals surface area contributed by atoms with Gasteiger partial charge in [0, 0.05) is 23.9 Å². The van der Waals surface area contributed by atoms with Crippen LogP contribution in [-0.2, 0) is 4.79 Å². The summed E-state index contributed by atoms with van der Waals surface area (Å²) >= 11 is 0. The molecule has 0 aliphatic rings. The lowest BCUT2D eigenvalue weighted by molar-refractivity contribution is -0.131. The van der Waals surface area contributed by atoms with Crippen molar-refractivity contribution in [3.8, 4) is 17.0 Å². The lowest BCUT2D eigenvalue weighted by Gasteiger charge is -2.00. The molecule has 0 radical (unpaired) electrons. The van der Waals surface area contributed by atoms with Crippen molar-refractivity contribution in [3.63, 3.8) is 0 Å². The average Bonchev–Trinajstić information content (AvgIpc) is 2.82. The Balaban J connectivity index is 2.08. The van der Waals surface area contributed by atoms with E-state index in [1.807, 2.05) is 36.4 Å². The van der Waals surface area contributed by atoms with Crippen LogP contribution in [0.3, 0.4) is 0 Å². The second-order valence-corrected chi connectivity index (χ2v) is 4.15. The quantitative estimate of drug-likeness (QED) is 0.518. The monoisotopic (exact) mass is 253 g/mol. The standard InChI is InChI=1S/C15H11NO3/c1-10(17)18-12-7-8-13-14(9-12)19-16-15(13)11-5-3-2-4-6-11/h2-9H,1H3. The number of benzene rings is 2. The van der Waals surface area contributed by atoms with Crippen molar-refractivity contribution in [3.05, 3.63) is 48.5 Å². The summed E-state index contributed by atoms with van der Waals surface area (Å²) in [5.74, 6) is 0.0953. The van der Waals surface area contributed by atoms with Gasteiger partial charge in [0.2, 0.25) is 0 Å². The zero-order valence-corrected chi connectivity index (χ0v) is 10.3. The van der Waals surface area contributed by atoms with Crippen LogP contribution in [0.5, 0.6) is 5.75 Å². The zero-order valence-electron chi connectivity index (χ0n) is 10.3. The first kappa shape index (κ1) is 11.5. The van der Waals surface area contributed by atoms with Gasteiger partial charge in [0.15, 0.2) is 5.58 Å². The summed E-state index contributed by atoms with van der Waals surface area (Å²) in [7, 11) is 0. The molecule has 0 atom stereocenters. The summed E-state index contributed by atoms with van der Waals surface area (Å²) < 4.78 is 10.3. The number of aromatic nitrogens is 1. The van der Waals surface area contributed by atoms with E-state index in [2.05, 4.69) is 5.16 Å². The van der Waals surface area contributed by atoms with E-state index in [0.29, 0.717) is 11.3 Å². The van der Waals surface area contributed by atoms with Crippen molar-refractivity contribution in [2.45, 2.75) is 6.92 Å². The molecule has 0 saturated carbocycles. The van der Waals surface area contributed by atoms with E-state index < -0.39 is 0 Å². The van der Waals surface area contributed by atoms with Crippen molar-refractivity contribution in [1.29, 1.82) is 0 Å². The first-order valence-electron chi connectivity index (χ1n) is 5.87. The molecule has 1 aromatic heterocycles. The van der Waals surface area contributed by atoms with Gasteiger partial charge < -0.3 is 9.26 Å². The molecule has 0 aliphatic carbocycles. The summed E-state index contributed by atoms with van der Waals surface area (Å²) in [5, 5.41) is 4.96. The molecule has 0 fully saturated rings. The third kappa shape index (κ3) is 2.20. The van der Waals surface area contributed by atoms with Crippen LogP contribution in [0.25, 0.3) is 22.2 Å². The lowest BCUT2D eigenvalue weighted by atomic mass is 10.1. The SMILES string of the molecule is CC(=O)Oc1ccc2c(-c3ccccc3)noc2c1. The van der Waals surface area contributed by atoms with E-state index in [1.165, 1.54) is 6.92 Å². The highest BCUT2D eigenvalue weighted by molar-refractivity contribution is 5.92. The van der Waals surface area contributed by atoms with Crippen LogP contribution in [0, 0.1) is 0 Å². The summed E-state index contributed by atoms with van der Waals surface area (Å²) in [6.07, 6.45) is 0. The highest BCUT2D eigenvalue weighted by Gasteiger charge is 2.11. The molecule has 0 spiro atoms.